The maximum Gasteiger partial charge on any atom is 0.219 e. The van der Waals surface area contributed by atoms with Crippen LogP contribution < -0.4 is 0 Å². The number of likely N-dealkylation sites (N-methyl/N-ethyl adjacent to an activating group) is 1. The SMILES string of the molecule is C\C=C/C=C(\C=C/CC)CN(C)C(C)=O. The van der Waals surface area contributed by atoms with Crippen molar-refractivity contribution in [1.29, 1.82) is 0 Å². The molecular weight excluding hydrogens is 186 g/mol. The van der Waals surface area contributed by atoms with Gasteiger partial charge in [-0.1, -0.05) is 37.3 Å². The summed E-state index contributed by atoms with van der Waals surface area (Å²) in [5.74, 6) is 0.0891. The van der Waals surface area contributed by atoms with E-state index in [2.05, 4.69) is 19.1 Å². The molecule has 0 rings (SSSR count). The first kappa shape index (κ1) is 13.7. The zero-order valence-electron chi connectivity index (χ0n) is 10.2. The molecule has 0 bridgehead atoms. The number of hydrogen-bond acceptors (Lipinski definition) is 1. The van der Waals surface area contributed by atoms with Crippen molar-refractivity contribution in [2.75, 3.05) is 13.6 Å². The van der Waals surface area contributed by atoms with Crippen molar-refractivity contribution in [3.8, 4) is 0 Å². The van der Waals surface area contributed by atoms with Gasteiger partial charge in [0.1, 0.15) is 0 Å². The second-order valence-electron chi connectivity index (χ2n) is 3.45. The summed E-state index contributed by atoms with van der Waals surface area (Å²) in [4.78, 5) is 12.8. The Morgan fingerprint density at radius 1 is 1.40 bits per heavy atom. The van der Waals surface area contributed by atoms with Crippen molar-refractivity contribution in [3.05, 3.63) is 36.0 Å². The number of amides is 1. The molecule has 2 nitrogen and oxygen atoms in total. The molecule has 2 heteroatoms. The van der Waals surface area contributed by atoms with E-state index in [1.807, 2.05) is 32.2 Å². The van der Waals surface area contributed by atoms with E-state index < -0.39 is 0 Å². The van der Waals surface area contributed by atoms with Gasteiger partial charge in [-0.05, 0) is 18.9 Å². The molecule has 0 aromatic heterocycles. The average molecular weight is 207 g/mol. The molecule has 0 fully saturated rings. The summed E-state index contributed by atoms with van der Waals surface area (Å²) >= 11 is 0. The van der Waals surface area contributed by atoms with E-state index in [0.29, 0.717) is 6.54 Å². The third-order valence-electron chi connectivity index (χ3n) is 2.03. The number of carbonyl (C=O) groups excluding carboxylic acids is 1. The summed E-state index contributed by atoms with van der Waals surface area (Å²) in [6.07, 6.45) is 11.2. The molecule has 0 saturated carbocycles. The van der Waals surface area contributed by atoms with Gasteiger partial charge in [-0.2, -0.15) is 0 Å². The molecule has 0 radical (unpaired) electrons. The molecule has 0 heterocycles. The van der Waals surface area contributed by atoms with Crippen LogP contribution in [0.5, 0.6) is 0 Å². The fourth-order valence-electron chi connectivity index (χ4n) is 1.04. The lowest BCUT2D eigenvalue weighted by molar-refractivity contribution is -0.127. The Morgan fingerprint density at radius 2 is 2.07 bits per heavy atom. The Balaban J connectivity index is 4.50. The Morgan fingerprint density at radius 3 is 2.53 bits per heavy atom. The van der Waals surface area contributed by atoms with Crippen molar-refractivity contribution in [2.24, 2.45) is 0 Å². The molecule has 0 aromatic rings. The van der Waals surface area contributed by atoms with Gasteiger partial charge in [-0.25, -0.2) is 0 Å². The maximum atomic E-state index is 11.1. The molecule has 0 aliphatic carbocycles. The fraction of sp³-hybridized carbons (Fsp3) is 0.462. The molecule has 0 aromatic carbocycles. The topological polar surface area (TPSA) is 20.3 Å². The second kappa shape index (κ2) is 8.04. The molecule has 0 unspecified atom stereocenters. The molecule has 0 atom stereocenters. The summed E-state index contributed by atoms with van der Waals surface area (Å²) in [6, 6.07) is 0. The molecule has 15 heavy (non-hydrogen) atoms. The van der Waals surface area contributed by atoms with Crippen LogP contribution in [0.25, 0.3) is 0 Å². The van der Waals surface area contributed by atoms with Crippen LogP contribution in [0.2, 0.25) is 0 Å². The minimum absolute atomic E-state index is 0.0891. The first-order valence-corrected chi connectivity index (χ1v) is 5.31. The summed E-state index contributed by atoms with van der Waals surface area (Å²) in [6.45, 7) is 6.32. The van der Waals surface area contributed by atoms with Gasteiger partial charge in [-0.3, -0.25) is 4.79 Å². The van der Waals surface area contributed by atoms with Crippen LogP contribution in [-0.2, 0) is 4.79 Å². The maximum absolute atomic E-state index is 11.1. The lowest BCUT2D eigenvalue weighted by atomic mass is 10.2. The van der Waals surface area contributed by atoms with Crippen LogP contribution in [0.1, 0.15) is 27.2 Å². The van der Waals surface area contributed by atoms with Gasteiger partial charge >= 0.3 is 0 Å². The highest BCUT2D eigenvalue weighted by Crippen LogP contribution is 2.02. The summed E-state index contributed by atoms with van der Waals surface area (Å²) in [5.41, 5.74) is 1.15. The first-order valence-electron chi connectivity index (χ1n) is 5.31. The van der Waals surface area contributed by atoms with Crippen LogP contribution in [0.15, 0.2) is 36.0 Å². The molecule has 0 spiro atoms. The molecule has 0 aliphatic heterocycles. The van der Waals surface area contributed by atoms with E-state index in [-0.39, 0.29) is 5.91 Å². The normalized spacial score (nSPS) is 12.7. The fourth-order valence-corrected chi connectivity index (χ4v) is 1.04. The van der Waals surface area contributed by atoms with Crippen molar-refractivity contribution in [2.45, 2.75) is 27.2 Å². The Hall–Kier alpha value is -1.31. The molecule has 84 valence electrons. The van der Waals surface area contributed by atoms with E-state index >= 15 is 0 Å². The molecular formula is C13H21NO. The predicted octanol–water partition coefficient (Wildman–Crippen LogP) is 2.93. The second-order valence-corrected chi connectivity index (χ2v) is 3.45. The van der Waals surface area contributed by atoms with Crippen LogP contribution in [0.3, 0.4) is 0 Å². The number of hydrogen-bond donors (Lipinski definition) is 0. The quantitative estimate of drug-likeness (QED) is 0.635. The van der Waals surface area contributed by atoms with E-state index in [1.54, 1.807) is 11.8 Å². The van der Waals surface area contributed by atoms with Gasteiger partial charge in [-0.15, -0.1) is 0 Å². The number of allylic oxidation sites excluding steroid dienone is 4. The predicted molar refractivity (Wildman–Crippen MR) is 65.6 cm³/mol. The standard InChI is InChI=1S/C13H21NO/c1-5-7-9-13(10-8-6-2)11-14(4)12(3)15/h5,7-10H,6,11H2,1-4H3/b7-5-,10-8-,13-9+. The monoisotopic (exact) mass is 207 g/mol. The lowest BCUT2D eigenvalue weighted by Crippen LogP contribution is -2.25. The number of rotatable bonds is 5. The summed E-state index contributed by atoms with van der Waals surface area (Å²) in [5, 5.41) is 0. The smallest absolute Gasteiger partial charge is 0.219 e. The van der Waals surface area contributed by atoms with E-state index in [1.165, 1.54) is 0 Å². The van der Waals surface area contributed by atoms with Crippen LogP contribution in [-0.4, -0.2) is 24.4 Å². The minimum atomic E-state index is 0.0891. The van der Waals surface area contributed by atoms with Gasteiger partial charge in [0.25, 0.3) is 0 Å². The third-order valence-corrected chi connectivity index (χ3v) is 2.03. The van der Waals surface area contributed by atoms with Gasteiger partial charge in [0.15, 0.2) is 0 Å². The highest BCUT2D eigenvalue weighted by molar-refractivity contribution is 5.73. The van der Waals surface area contributed by atoms with Crippen LogP contribution in [0.4, 0.5) is 0 Å². The van der Waals surface area contributed by atoms with E-state index in [9.17, 15) is 4.79 Å². The van der Waals surface area contributed by atoms with Crippen LogP contribution in [0, 0.1) is 0 Å². The summed E-state index contributed by atoms with van der Waals surface area (Å²) < 4.78 is 0. The molecule has 0 N–H and O–H groups in total. The van der Waals surface area contributed by atoms with Gasteiger partial charge in [0.05, 0.1) is 0 Å². The lowest BCUT2D eigenvalue weighted by Gasteiger charge is -2.15. The van der Waals surface area contributed by atoms with Crippen LogP contribution >= 0.6 is 0 Å². The van der Waals surface area contributed by atoms with Crippen molar-refractivity contribution < 1.29 is 4.79 Å². The van der Waals surface area contributed by atoms with E-state index in [0.717, 1.165) is 12.0 Å². The first-order chi connectivity index (χ1) is 7.11. The molecule has 0 aliphatic rings. The van der Waals surface area contributed by atoms with E-state index in [4.69, 9.17) is 0 Å². The zero-order valence-corrected chi connectivity index (χ0v) is 10.2. The molecule has 0 saturated heterocycles. The van der Waals surface area contributed by atoms with Crippen molar-refractivity contribution >= 4 is 5.91 Å². The largest absolute Gasteiger partial charge is 0.342 e. The number of nitrogens with zero attached hydrogens (tertiary/aromatic N) is 1. The van der Waals surface area contributed by atoms with Gasteiger partial charge < -0.3 is 4.90 Å². The highest BCUT2D eigenvalue weighted by Gasteiger charge is 2.02. The Bertz CT molecular complexity index is 274. The Labute approximate surface area is 93.0 Å². The highest BCUT2D eigenvalue weighted by atomic mass is 16.2. The Kier molecular flexibility index (Phi) is 7.33. The zero-order chi connectivity index (χ0) is 11.7. The molecule has 1 amide bonds. The van der Waals surface area contributed by atoms with Gasteiger partial charge in [0.2, 0.25) is 5.91 Å². The number of carbonyl (C=O) groups is 1. The van der Waals surface area contributed by atoms with Crippen molar-refractivity contribution in [3.63, 3.8) is 0 Å². The average Bonchev–Trinajstić information content (AvgIpc) is 2.21. The van der Waals surface area contributed by atoms with Crippen molar-refractivity contribution in [1.82, 2.24) is 4.90 Å². The van der Waals surface area contributed by atoms with Gasteiger partial charge in [0, 0.05) is 20.5 Å². The third kappa shape index (κ3) is 6.72. The minimum Gasteiger partial charge on any atom is -0.342 e. The summed E-state index contributed by atoms with van der Waals surface area (Å²) in [7, 11) is 1.81.